The number of aryl methyl sites for hydroxylation is 1. The maximum absolute atomic E-state index is 12.0. The SMILES string of the molecule is Cn1ncc(N)c1NS(=O)(=O)c1ccc(Cl)s1. The minimum Gasteiger partial charge on any atom is -0.394 e. The van der Waals surface area contributed by atoms with Crippen LogP contribution in [0.5, 0.6) is 0 Å². The zero-order valence-electron chi connectivity index (χ0n) is 8.71. The number of nitrogens with one attached hydrogen (secondary N) is 1. The van der Waals surface area contributed by atoms with E-state index < -0.39 is 10.0 Å². The monoisotopic (exact) mass is 292 g/mol. The van der Waals surface area contributed by atoms with Gasteiger partial charge in [0.1, 0.15) is 4.21 Å². The number of hydrogen-bond donors (Lipinski definition) is 2. The summed E-state index contributed by atoms with van der Waals surface area (Å²) in [5, 5.41) is 3.84. The van der Waals surface area contributed by atoms with Crippen molar-refractivity contribution < 1.29 is 8.42 Å². The summed E-state index contributed by atoms with van der Waals surface area (Å²) in [6.45, 7) is 0. The predicted octanol–water partition coefficient (Wildman–Crippen LogP) is 1.52. The van der Waals surface area contributed by atoms with Crippen molar-refractivity contribution in [3.63, 3.8) is 0 Å². The lowest BCUT2D eigenvalue weighted by atomic mass is 10.5. The molecule has 6 nitrogen and oxygen atoms in total. The van der Waals surface area contributed by atoms with Crippen molar-refractivity contribution in [2.75, 3.05) is 10.5 Å². The molecule has 2 rings (SSSR count). The number of nitrogens with two attached hydrogens (primary N) is 1. The lowest BCUT2D eigenvalue weighted by molar-refractivity contribution is 0.602. The molecule has 0 fully saturated rings. The maximum Gasteiger partial charge on any atom is 0.272 e. The summed E-state index contributed by atoms with van der Waals surface area (Å²) in [5.41, 5.74) is 5.86. The molecule has 0 aliphatic heterocycles. The molecule has 2 aromatic rings. The van der Waals surface area contributed by atoms with Gasteiger partial charge in [0, 0.05) is 7.05 Å². The number of aromatic nitrogens is 2. The molecule has 0 saturated carbocycles. The second-order valence-electron chi connectivity index (χ2n) is 3.24. The van der Waals surface area contributed by atoms with Crippen molar-refractivity contribution in [3.05, 3.63) is 22.7 Å². The van der Waals surface area contributed by atoms with Crippen molar-refractivity contribution >= 4 is 44.5 Å². The maximum atomic E-state index is 12.0. The Morgan fingerprint density at radius 1 is 1.53 bits per heavy atom. The van der Waals surface area contributed by atoms with Crippen LogP contribution in [-0.2, 0) is 17.1 Å². The standard InChI is InChI=1S/C8H9ClN4O2S2/c1-13-8(5(10)4-11-13)12-17(14,15)7-3-2-6(9)16-7/h2-4,12H,10H2,1H3. The van der Waals surface area contributed by atoms with Crippen LogP contribution in [0, 0.1) is 0 Å². The van der Waals surface area contributed by atoms with Gasteiger partial charge in [0.2, 0.25) is 0 Å². The van der Waals surface area contributed by atoms with Gasteiger partial charge in [-0.2, -0.15) is 5.10 Å². The minimum atomic E-state index is -3.66. The first-order chi connectivity index (χ1) is 7.90. The van der Waals surface area contributed by atoms with E-state index in [1.165, 1.54) is 23.0 Å². The van der Waals surface area contributed by atoms with Gasteiger partial charge < -0.3 is 5.73 Å². The van der Waals surface area contributed by atoms with Crippen molar-refractivity contribution in [3.8, 4) is 0 Å². The van der Waals surface area contributed by atoms with Crippen molar-refractivity contribution in [2.24, 2.45) is 7.05 Å². The summed E-state index contributed by atoms with van der Waals surface area (Å²) in [6.07, 6.45) is 1.37. The van der Waals surface area contributed by atoms with Crippen LogP contribution in [0.2, 0.25) is 4.34 Å². The Kier molecular flexibility index (Phi) is 3.02. The van der Waals surface area contributed by atoms with E-state index in [0.29, 0.717) is 4.34 Å². The molecule has 0 bridgehead atoms. The molecule has 0 amide bonds. The van der Waals surface area contributed by atoms with Crippen LogP contribution in [0.4, 0.5) is 11.5 Å². The van der Waals surface area contributed by atoms with Gasteiger partial charge in [-0.3, -0.25) is 9.40 Å². The van der Waals surface area contributed by atoms with Gasteiger partial charge in [0.05, 0.1) is 16.2 Å². The van der Waals surface area contributed by atoms with Gasteiger partial charge in [-0.25, -0.2) is 8.42 Å². The largest absolute Gasteiger partial charge is 0.394 e. The average molecular weight is 293 g/mol. The van der Waals surface area contributed by atoms with E-state index in [1.807, 2.05) is 0 Å². The first-order valence-corrected chi connectivity index (χ1v) is 7.13. The number of sulfonamides is 1. The molecule has 2 aromatic heterocycles. The molecule has 0 spiro atoms. The molecular formula is C8H9ClN4O2S2. The first kappa shape index (κ1) is 12.2. The molecule has 0 saturated heterocycles. The number of anilines is 2. The molecule has 9 heteroatoms. The van der Waals surface area contributed by atoms with Gasteiger partial charge in [0.25, 0.3) is 10.0 Å². The van der Waals surface area contributed by atoms with E-state index in [-0.39, 0.29) is 15.7 Å². The highest BCUT2D eigenvalue weighted by molar-refractivity contribution is 7.94. The fourth-order valence-electron chi connectivity index (χ4n) is 1.20. The van der Waals surface area contributed by atoms with E-state index in [4.69, 9.17) is 17.3 Å². The van der Waals surface area contributed by atoms with Crippen LogP contribution in [0.25, 0.3) is 0 Å². The zero-order valence-corrected chi connectivity index (χ0v) is 11.1. The van der Waals surface area contributed by atoms with Crippen molar-refractivity contribution in [2.45, 2.75) is 4.21 Å². The van der Waals surface area contributed by atoms with Gasteiger partial charge in [0.15, 0.2) is 5.82 Å². The molecule has 0 aliphatic rings. The quantitative estimate of drug-likeness (QED) is 0.897. The Morgan fingerprint density at radius 3 is 2.71 bits per heavy atom. The Balaban J connectivity index is 2.36. The molecular weight excluding hydrogens is 284 g/mol. The first-order valence-electron chi connectivity index (χ1n) is 4.46. The van der Waals surface area contributed by atoms with E-state index >= 15 is 0 Å². The second-order valence-corrected chi connectivity index (χ2v) is 6.86. The number of rotatable bonds is 3. The summed E-state index contributed by atoms with van der Waals surface area (Å²) >= 11 is 6.67. The summed E-state index contributed by atoms with van der Waals surface area (Å²) in [6, 6.07) is 2.95. The summed E-state index contributed by atoms with van der Waals surface area (Å²) in [4.78, 5) is 0. The van der Waals surface area contributed by atoms with Crippen LogP contribution in [0.1, 0.15) is 0 Å². The molecule has 2 heterocycles. The molecule has 0 unspecified atom stereocenters. The molecule has 0 aromatic carbocycles. The number of thiophene rings is 1. The number of nitrogen functional groups attached to an aromatic ring is 1. The summed E-state index contributed by atoms with van der Waals surface area (Å²) in [5.74, 6) is 0.231. The van der Waals surface area contributed by atoms with Gasteiger partial charge >= 0.3 is 0 Å². The van der Waals surface area contributed by atoms with Gasteiger partial charge in [-0.1, -0.05) is 11.6 Å². The second kappa shape index (κ2) is 4.21. The Hall–Kier alpha value is -1.25. The predicted molar refractivity (Wildman–Crippen MR) is 67.8 cm³/mol. The van der Waals surface area contributed by atoms with Crippen LogP contribution in [-0.4, -0.2) is 18.2 Å². The van der Waals surface area contributed by atoms with E-state index in [2.05, 4.69) is 9.82 Å². The van der Waals surface area contributed by atoms with E-state index in [1.54, 1.807) is 7.05 Å². The summed E-state index contributed by atoms with van der Waals surface area (Å²) in [7, 11) is -2.07. The Bertz CT molecular complexity index is 627. The lowest BCUT2D eigenvalue weighted by Crippen LogP contribution is -2.15. The fourth-order valence-corrected chi connectivity index (χ4v) is 3.80. The van der Waals surface area contributed by atoms with Gasteiger partial charge in [-0.15, -0.1) is 11.3 Å². The highest BCUT2D eigenvalue weighted by atomic mass is 35.5. The minimum absolute atomic E-state index is 0.128. The van der Waals surface area contributed by atoms with Crippen molar-refractivity contribution in [1.82, 2.24) is 9.78 Å². The normalized spacial score (nSPS) is 11.6. The van der Waals surface area contributed by atoms with E-state index in [9.17, 15) is 8.42 Å². The van der Waals surface area contributed by atoms with Crippen LogP contribution < -0.4 is 10.5 Å². The third-order valence-corrected chi connectivity index (χ3v) is 5.07. The summed E-state index contributed by atoms with van der Waals surface area (Å²) < 4.78 is 28.2. The van der Waals surface area contributed by atoms with Crippen LogP contribution in [0.15, 0.2) is 22.5 Å². The number of nitrogens with zero attached hydrogens (tertiary/aromatic N) is 2. The topological polar surface area (TPSA) is 90.0 Å². The van der Waals surface area contributed by atoms with Crippen LogP contribution in [0.3, 0.4) is 0 Å². The Morgan fingerprint density at radius 2 is 2.24 bits per heavy atom. The third kappa shape index (κ3) is 2.38. The molecule has 0 aliphatic carbocycles. The fraction of sp³-hybridized carbons (Fsp3) is 0.125. The number of hydrogen-bond acceptors (Lipinski definition) is 5. The lowest BCUT2D eigenvalue weighted by Gasteiger charge is -2.06. The molecule has 3 N–H and O–H groups in total. The molecule has 0 radical (unpaired) electrons. The van der Waals surface area contributed by atoms with E-state index in [0.717, 1.165) is 11.3 Å². The molecule has 92 valence electrons. The smallest absolute Gasteiger partial charge is 0.272 e. The molecule has 17 heavy (non-hydrogen) atoms. The third-order valence-electron chi connectivity index (χ3n) is 2.01. The number of halogens is 1. The highest BCUT2D eigenvalue weighted by Crippen LogP contribution is 2.28. The Labute approximate surface area is 107 Å². The highest BCUT2D eigenvalue weighted by Gasteiger charge is 2.19. The van der Waals surface area contributed by atoms with Crippen LogP contribution >= 0.6 is 22.9 Å². The molecule has 0 atom stereocenters. The zero-order chi connectivity index (χ0) is 12.6. The van der Waals surface area contributed by atoms with Crippen molar-refractivity contribution in [1.29, 1.82) is 0 Å². The van der Waals surface area contributed by atoms with Gasteiger partial charge in [-0.05, 0) is 12.1 Å². The average Bonchev–Trinajstić information content (AvgIpc) is 2.80.